The summed E-state index contributed by atoms with van der Waals surface area (Å²) in [5.74, 6) is -0.307. The van der Waals surface area contributed by atoms with E-state index in [1.165, 1.54) is 18.2 Å². The molecule has 0 amide bonds. The van der Waals surface area contributed by atoms with Gasteiger partial charge in [0.25, 0.3) is 0 Å². The number of rotatable bonds is 7. The number of carbonyl (C=O) groups excluding carboxylic acids is 1. The first-order valence-corrected chi connectivity index (χ1v) is 10.0. The zero-order chi connectivity index (χ0) is 20.2. The molecule has 31 heavy (non-hydrogen) atoms. The molecule has 4 rings (SSSR count). The summed E-state index contributed by atoms with van der Waals surface area (Å²) in [6.07, 6.45) is 4.05. The maximum atomic E-state index is 12.2. The van der Waals surface area contributed by atoms with Crippen LogP contribution in [0.1, 0.15) is 41.0 Å². The van der Waals surface area contributed by atoms with Crippen molar-refractivity contribution in [1.82, 2.24) is 20.3 Å². The number of nitrogens with one attached hydrogen (secondary N) is 1. The van der Waals surface area contributed by atoms with E-state index in [0.29, 0.717) is 6.42 Å². The Balaban J connectivity index is 0.00000171. The molecule has 2 aromatic carbocycles. The predicted octanol–water partition coefficient (Wildman–Crippen LogP) is 4.19. The minimum atomic E-state index is -0.222. The fraction of sp³-hybridized carbons (Fsp3) is 0.348. The van der Waals surface area contributed by atoms with Gasteiger partial charge in [0.05, 0.1) is 19.0 Å². The van der Waals surface area contributed by atoms with Gasteiger partial charge in [0.2, 0.25) is 0 Å². The minimum Gasteiger partial charge on any atom is -0.469 e. The van der Waals surface area contributed by atoms with Crippen molar-refractivity contribution in [3.8, 4) is 0 Å². The maximum Gasteiger partial charge on any atom is 0.306 e. The van der Waals surface area contributed by atoms with Crippen molar-refractivity contribution in [2.24, 2.45) is 0 Å². The SMILES string of the molecule is C=CCCn1nnc2cc(C(CC(=O)OC)c3ccc4c(c3)CNCC4)ccc21.Cl.Cl. The highest BCUT2D eigenvalue weighted by Gasteiger charge is 2.22. The van der Waals surface area contributed by atoms with Crippen LogP contribution in [0.4, 0.5) is 0 Å². The molecule has 1 atom stereocenters. The molecule has 166 valence electrons. The van der Waals surface area contributed by atoms with Gasteiger partial charge in [0.1, 0.15) is 5.52 Å². The summed E-state index contributed by atoms with van der Waals surface area (Å²) in [7, 11) is 1.44. The lowest BCUT2D eigenvalue weighted by atomic mass is 9.85. The maximum absolute atomic E-state index is 12.2. The van der Waals surface area contributed by atoms with Gasteiger partial charge in [-0.05, 0) is 53.8 Å². The highest BCUT2D eigenvalue weighted by Crippen LogP contribution is 2.32. The van der Waals surface area contributed by atoms with Gasteiger partial charge in [-0.3, -0.25) is 4.79 Å². The van der Waals surface area contributed by atoms with E-state index in [1.807, 2.05) is 22.9 Å². The average molecular weight is 463 g/mol. The first kappa shape index (κ1) is 24.9. The van der Waals surface area contributed by atoms with E-state index in [4.69, 9.17) is 4.74 Å². The van der Waals surface area contributed by atoms with Crippen LogP contribution in [0, 0.1) is 0 Å². The number of aromatic nitrogens is 3. The third-order valence-corrected chi connectivity index (χ3v) is 5.60. The summed E-state index contributed by atoms with van der Waals surface area (Å²) in [5, 5.41) is 12.0. The zero-order valence-corrected chi connectivity index (χ0v) is 19.2. The number of carbonyl (C=O) groups is 1. The molecule has 1 unspecified atom stereocenters. The molecule has 0 fully saturated rings. The molecule has 6 nitrogen and oxygen atoms in total. The summed E-state index contributed by atoms with van der Waals surface area (Å²) in [5.41, 5.74) is 6.67. The summed E-state index contributed by atoms with van der Waals surface area (Å²) < 4.78 is 6.87. The predicted molar refractivity (Wildman–Crippen MR) is 127 cm³/mol. The lowest BCUT2D eigenvalue weighted by molar-refractivity contribution is -0.140. The molecule has 2 heterocycles. The number of fused-ring (bicyclic) bond motifs is 2. The van der Waals surface area contributed by atoms with Crippen molar-refractivity contribution < 1.29 is 9.53 Å². The molecular weight excluding hydrogens is 435 g/mol. The van der Waals surface area contributed by atoms with Gasteiger partial charge in [-0.2, -0.15) is 0 Å². The Hall–Kier alpha value is -2.41. The second-order valence-electron chi connectivity index (χ2n) is 7.43. The summed E-state index contributed by atoms with van der Waals surface area (Å²) in [4.78, 5) is 12.2. The molecular formula is C23H28Cl2N4O2. The van der Waals surface area contributed by atoms with Crippen molar-refractivity contribution >= 4 is 41.8 Å². The number of ether oxygens (including phenoxy) is 1. The van der Waals surface area contributed by atoms with E-state index in [1.54, 1.807) is 0 Å². The van der Waals surface area contributed by atoms with Gasteiger partial charge in [-0.15, -0.1) is 36.5 Å². The van der Waals surface area contributed by atoms with Gasteiger partial charge in [-0.25, -0.2) is 4.68 Å². The molecule has 3 aromatic rings. The standard InChI is InChI=1S/C23H26N4O2.2ClH/c1-3-4-11-27-22-8-7-18(13-21(22)25-26-27)20(14-23(28)29-2)17-6-5-16-9-10-24-15-19(16)12-17;;/h3,5-8,12-13,20,24H,1,4,9-11,14-15H2,2H3;2*1H. The third kappa shape index (κ3) is 5.45. The quantitative estimate of drug-likeness (QED) is 0.420. The van der Waals surface area contributed by atoms with Crippen LogP contribution in [-0.4, -0.2) is 34.6 Å². The van der Waals surface area contributed by atoms with Crippen molar-refractivity contribution in [3.63, 3.8) is 0 Å². The third-order valence-electron chi connectivity index (χ3n) is 5.60. The second kappa shape index (κ2) is 11.3. The summed E-state index contributed by atoms with van der Waals surface area (Å²) in [6.45, 7) is 6.40. The van der Waals surface area contributed by atoms with E-state index in [-0.39, 0.29) is 36.7 Å². The van der Waals surface area contributed by atoms with Crippen LogP contribution in [0.25, 0.3) is 11.0 Å². The monoisotopic (exact) mass is 462 g/mol. The van der Waals surface area contributed by atoms with Gasteiger partial charge >= 0.3 is 5.97 Å². The lowest BCUT2D eigenvalue weighted by Gasteiger charge is -2.22. The fourth-order valence-electron chi connectivity index (χ4n) is 3.98. The van der Waals surface area contributed by atoms with Crippen molar-refractivity contribution in [1.29, 1.82) is 0 Å². The molecule has 0 aliphatic carbocycles. The van der Waals surface area contributed by atoms with Crippen molar-refractivity contribution in [2.75, 3.05) is 13.7 Å². The minimum absolute atomic E-state index is 0. The van der Waals surface area contributed by atoms with Crippen LogP contribution in [0.15, 0.2) is 49.1 Å². The molecule has 8 heteroatoms. The second-order valence-corrected chi connectivity index (χ2v) is 7.43. The van der Waals surface area contributed by atoms with Gasteiger partial charge in [0, 0.05) is 19.0 Å². The highest BCUT2D eigenvalue weighted by atomic mass is 35.5. The molecule has 0 saturated heterocycles. The zero-order valence-electron chi connectivity index (χ0n) is 17.5. The molecule has 0 saturated carbocycles. The van der Waals surface area contributed by atoms with Crippen LogP contribution < -0.4 is 5.32 Å². The van der Waals surface area contributed by atoms with E-state index in [0.717, 1.165) is 54.6 Å². The first-order chi connectivity index (χ1) is 14.2. The Morgan fingerprint density at radius 1 is 1.23 bits per heavy atom. The number of aryl methyl sites for hydroxylation is 1. The molecule has 0 bridgehead atoms. The van der Waals surface area contributed by atoms with Gasteiger partial charge in [-0.1, -0.05) is 35.6 Å². The lowest BCUT2D eigenvalue weighted by Crippen LogP contribution is -2.24. The Morgan fingerprint density at radius 3 is 2.77 bits per heavy atom. The number of halogens is 2. The normalized spacial score (nSPS) is 13.5. The Morgan fingerprint density at radius 2 is 2.00 bits per heavy atom. The number of esters is 1. The molecule has 1 N–H and O–H groups in total. The smallest absolute Gasteiger partial charge is 0.306 e. The molecule has 1 aliphatic heterocycles. The van der Waals surface area contributed by atoms with Crippen LogP contribution in [0.2, 0.25) is 0 Å². The number of benzene rings is 2. The largest absolute Gasteiger partial charge is 0.469 e. The Labute approximate surface area is 194 Å². The number of hydrogen-bond donors (Lipinski definition) is 1. The molecule has 0 radical (unpaired) electrons. The van der Waals surface area contributed by atoms with Crippen molar-refractivity contribution in [3.05, 3.63) is 71.3 Å². The van der Waals surface area contributed by atoms with Crippen LogP contribution in [0.5, 0.6) is 0 Å². The molecule has 1 aliphatic rings. The van der Waals surface area contributed by atoms with Gasteiger partial charge in [0.15, 0.2) is 0 Å². The Bertz CT molecular complexity index is 1050. The number of nitrogens with zero attached hydrogens (tertiary/aromatic N) is 3. The number of allylic oxidation sites excluding steroid dienone is 1. The van der Waals surface area contributed by atoms with E-state index >= 15 is 0 Å². The Kier molecular flexibility index (Phi) is 9.04. The van der Waals surface area contributed by atoms with Crippen LogP contribution in [0.3, 0.4) is 0 Å². The number of hydrogen-bond acceptors (Lipinski definition) is 5. The molecule has 1 aromatic heterocycles. The topological polar surface area (TPSA) is 69.0 Å². The van der Waals surface area contributed by atoms with Crippen molar-refractivity contribution in [2.45, 2.75) is 38.3 Å². The van der Waals surface area contributed by atoms with E-state index in [9.17, 15) is 4.79 Å². The average Bonchev–Trinajstić information content (AvgIpc) is 3.17. The number of methoxy groups -OCH3 is 1. The first-order valence-electron chi connectivity index (χ1n) is 10.0. The molecule has 0 spiro atoms. The van der Waals surface area contributed by atoms with Gasteiger partial charge < -0.3 is 10.1 Å². The van der Waals surface area contributed by atoms with Crippen LogP contribution in [-0.2, 0) is 29.0 Å². The highest BCUT2D eigenvalue weighted by molar-refractivity contribution is 5.85. The van der Waals surface area contributed by atoms with Crippen LogP contribution >= 0.6 is 24.8 Å². The summed E-state index contributed by atoms with van der Waals surface area (Å²) >= 11 is 0. The summed E-state index contributed by atoms with van der Waals surface area (Å²) in [6, 6.07) is 12.7. The fourth-order valence-corrected chi connectivity index (χ4v) is 3.98. The van der Waals surface area contributed by atoms with E-state index in [2.05, 4.69) is 46.5 Å². The van der Waals surface area contributed by atoms with E-state index < -0.39 is 0 Å².